The minimum atomic E-state index is 0.856. The van der Waals surface area contributed by atoms with Crippen molar-refractivity contribution in [2.75, 3.05) is 12.5 Å². The topological polar surface area (TPSA) is 0 Å². The first-order chi connectivity index (χ1) is 9.53. The summed E-state index contributed by atoms with van der Waals surface area (Å²) in [7, 11) is 0. The lowest BCUT2D eigenvalue weighted by molar-refractivity contribution is 0.393. The van der Waals surface area contributed by atoms with Crippen LogP contribution in [0.15, 0.2) is 0 Å². The molecule has 122 valence electrons. The smallest absolute Gasteiger partial charge is 0.00444 e. The first kappa shape index (κ1) is 20.7. The highest BCUT2D eigenvalue weighted by Gasteiger charge is 2.16. The van der Waals surface area contributed by atoms with Crippen LogP contribution in [0.3, 0.4) is 0 Å². The van der Waals surface area contributed by atoms with E-state index in [1.165, 1.54) is 51.4 Å². The number of hydrogen-bond acceptors (Lipinski definition) is 2. The Morgan fingerprint density at radius 1 is 0.950 bits per heavy atom. The summed E-state index contributed by atoms with van der Waals surface area (Å²) >= 11 is 4.03. The molecule has 0 aliphatic heterocycles. The van der Waals surface area contributed by atoms with Crippen LogP contribution in [0, 0.1) is 11.8 Å². The van der Waals surface area contributed by atoms with Crippen molar-refractivity contribution < 1.29 is 0 Å². The van der Waals surface area contributed by atoms with Crippen molar-refractivity contribution in [3.05, 3.63) is 0 Å². The molecule has 0 bridgehead atoms. The molecule has 0 amide bonds. The number of rotatable bonds is 7. The van der Waals surface area contributed by atoms with Gasteiger partial charge in [0.15, 0.2) is 0 Å². The third-order valence-electron chi connectivity index (χ3n) is 4.55. The molecule has 2 unspecified atom stereocenters. The second-order valence-corrected chi connectivity index (χ2v) is 9.05. The molecule has 1 aliphatic rings. The molecule has 0 nitrogen and oxygen atoms in total. The summed E-state index contributed by atoms with van der Waals surface area (Å²) in [5.41, 5.74) is 0. The molecule has 1 rings (SSSR count). The summed E-state index contributed by atoms with van der Waals surface area (Å²) in [6.07, 6.45) is 15.8. The van der Waals surface area contributed by atoms with E-state index in [-0.39, 0.29) is 0 Å². The summed E-state index contributed by atoms with van der Waals surface area (Å²) < 4.78 is 0. The zero-order valence-electron chi connectivity index (χ0n) is 14.8. The van der Waals surface area contributed by atoms with Crippen LogP contribution in [-0.4, -0.2) is 23.0 Å². The Kier molecular flexibility index (Phi) is 13.8. The molecule has 1 saturated carbocycles. The van der Waals surface area contributed by atoms with Crippen molar-refractivity contribution in [3.63, 3.8) is 0 Å². The molecule has 0 spiro atoms. The zero-order valence-corrected chi connectivity index (χ0v) is 16.4. The lowest BCUT2D eigenvalue weighted by Gasteiger charge is -2.24. The third kappa shape index (κ3) is 11.4. The maximum absolute atomic E-state index is 2.37. The molecule has 0 heterocycles. The van der Waals surface area contributed by atoms with Gasteiger partial charge in [-0.1, -0.05) is 40.5 Å². The zero-order chi connectivity index (χ0) is 15.4. The van der Waals surface area contributed by atoms with Crippen LogP contribution in [0.5, 0.6) is 0 Å². The Hall–Kier alpha value is 0.700. The van der Waals surface area contributed by atoms with Crippen LogP contribution in [0.1, 0.15) is 79.1 Å². The maximum atomic E-state index is 2.37. The van der Waals surface area contributed by atoms with Gasteiger partial charge in [0.25, 0.3) is 0 Å². The van der Waals surface area contributed by atoms with Crippen LogP contribution in [0.2, 0.25) is 0 Å². The second-order valence-electron chi connectivity index (χ2n) is 6.64. The van der Waals surface area contributed by atoms with E-state index in [0.29, 0.717) is 0 Å². The van der Waals surface area contributed by atoms with Crippen molar-refractivity contribution in [3.8, 4) is 0 Å². The van der Waals surface area contributed by atoms with Gasteiger partial charge < -0.3 is 0 Å². The highest BCUT2D eigenvalue weighted by Crippen LogP contribution is 2.29. The van der Waals surface area contributed by atoms with Gasteiger partial charge >= 0.3 is 0 Å². The molecular weight excluding hydrogens is 280 g/mol. The molecule has 2 atom stereocenters. The quantitative estimate of drug-likeness (QED) is 0.501. The van der Waals surface area contributed by atoms with Crippen molar-refractivity contribution in [2.45, 2.75) is 89.6 Å². The normalized spacial score (nSPS) is 25.5. The van der Waals surface area contributed by atoms with Gasteiger partial charge in [0.2, 0.25) is 0 Å². The minimum Gasteiger partial charge on any atom is -0.162 e. The van der Waals surface area contributed by atoms with Gasteiger partial charge in [-0.25, -0.2) is 0 Å². The highest BCUT2D eigenvalue weighted by molar-refractivity contribution is 7.99. The monoisotopic (exact) mass is 318 g/mol. The predicted molar refractivity (Wildman–Crippen MR) is 101 cm³/mol. The van der Waals surface area contributed by atoms with Crippen molar-refractivity contribution in [2.24, 2.45) is 11.8 Å². The summed E-state index contributed by atoms with van der Waals surface area (Å²) in [4.78, 5) is 0. The summed E-state index contributed by atoms with van der Waals surface area (Å²) in [5, 5.41) is 1.84. The van der Waals surface area contributed by atoms with Crippen molar-refractivity contribution >= 4 is 23.5 Å². The molecule has 0 aromatic heterocycles. The minimum absolute atomic E-state index is 0.856. The summed E-state index contributed by atoms with van der Waals surface area (Å²) in [5.74, 6) is 1.95. The van der Waals surface area contributed by atoms with Gasteiger partial charge in [-0.05, 0) is 62.9 Å². The van der Waals surface area contributed by atoms with Crippen LogP contribution in [0.4, 0.5) is 0 Å². The molecule has 2 heteroatoms. The summed E-state index contributed by atoms with van der Waals surface area (Å²) in [6, 6.07) is 0. The Labute approximate surface area is 137 Å². The lowest BCUT2D eigenvalue weighted by Crippen LogP contribution is -2.13. The molecule has 0 N–H and O–H groups in total. The van der Waals surface area contributed by atoms with Crippen LogP contribution in [0.25, 0.3) is 0 Å². The Morgan fingerprint density at radius 3 is 2.00 bits per heavy atom. The van der Waals surface area contributed by atoms with Crippen LogP contribution >= 0.6 is 23.5 Å². The van der Waals surface area contributed by atoms with Crippen LogP contribution in [-0.2, 0) is 0 Å². The third-order valence-corrected chi connectivity index (χ3v) is 6.72. The van der Waals surface area contributed by atoms with E-state index in [1.807, 2.05) is 23.5 Å². The fourth-order valence-corrected chi connectivity index (χ4v) is 3.85. The SMILES string of the molecule is CCCC(C)CCC(C)SC.CSC1CCC(C)CC1. The molecule has 20 heavy (non-hydrogen) atoms. The highest BCUT2D eigenvalue weighted by atomic mass is 32.2. The van der Waals surface area contributed by atoms with Gasteiger partial charge in [0, 0.05) is 10.5 Å². The summed E-state index contributed by atoms with van der Waals surface area (Å²) in [6.45, 7) is 9.34. The molecule has 0 aromatic carbocycles. The van der Waals surface area contributed by atoms with E-state index in [0.717, 1.165) is 22.3 Å². The standard InChI is InChI=1S/C10H22S.C8H16S/c1-5-6-9(2)7-8-10(3)11-4;1-7-3-5-8(9-2)6-4-7/h9-10H,5-8H2,1-4H3;7-8H,3-6H2,1-2H3. The van der Waals surface area contributed by atoms with Gasteiger partial charge in [0.1, 0.15) is 0 Å². The van der Waals surface area contributed by atoms with Gasteiger partial charge in [-0.3, -0.25) is 0 Å². The average molecular weight is 319 g/mol. The van der Waals surface area contributed by atoms with E-state index < -0.39 is 0 Å². The predicted octanol–water partition coefficient (Wildman–Crippen LogP) is 6.88. The molecule has 0 aromatic rings. The average Bonchev–Trinajstić information content (AvgIpc) is 2.46. The molecule has 0 radical (unpaired) electrons. The molecule has 1 aliphatic carbocycles. The molecule has 0 saturated heterocycles. The molecular formula is C18H38S2. The molecule has 1 fully saturated rings. The fraction of sp³-hybridized carbons (Fsp3) is 1.00. The number of thioether (sulfide) groups is 2. The maximum Gasteiger partial charge on any atom is 0.00444 e. The first-order valence-corrected chi connectivity index (χ1v) is 11.2. The fourth-order valence-electron chi connectivity index (χ4n) is 2.74. The van der Waals surface area contributed by atoms with E-state index in [4.69, 9.17) is 0 Å². The second kappa shape index (κ2) is 13.4. The van der Waals surface area contributed by atoms with Gasteiger partial charge in [-0.2, -0.15) is 23.5 Å². The van der Waals surface area contributed by atoms with Gasteiger partial charge in [-0.15, -0.1) is 0 Å². The van der Waals surface area contributed by atoms with E-state index in [1.54, 1.807) is 0 Å². The Morgan fingerprint density at radius 2 is 1.55 bits per heavy atom. The Balaban J connectivity index is 0.000000367. The van der Waals surface area contributed by atoms with E-state index in [2.05, 4.69) is 40.2 Å². The van der Waals surface area contributed by atoms with Crippen molar-refractivity contribution in [1.82, 2.24) is 0 Å². The van der Waals surface area contributed by atoms with E-state index in [9.17, 15) is 0 Å². The lowest BCUT2D eigenvalue weighted by atomic mass is 9.91. The largest absolute Gasteiger partial charge is 0.162 e. The number of hydrogen-bond donors (Lipinski definition) is 0. The first-order valence-electron chi connectivity index (χ1n) is 8.58. The van der Waals surface area contributed by atoms with Crippen LogP contribution < -0.4 is 0 Å². The Bertz CT molecular complexity index is 198. The van der Waals surface area contributed by atoms with Gasteiger partial charge in [0.05, 0.1) is 0 Å². The van der Waals surface area contributed by atoms with Crippen molar-refractivity contribution in [1.29, 1.82) is 0 Å². The van der Waals surface area contributed by atoms with E-state index >= 15 is 0 Å².